The average molecular weight is 338 g/mol. The number of aliphatic carboxylic acids is 1. The number of hydrogen-bond acceptors (Lipinski definition) is 6. The van der Waals surface area contributed by atoms with Crippen LogP contribution in [0.2, 0.25) is 0 Å². The van der Waals surface area contributed by atoms with Gasteiger partial charge in [0.15, 0.2) is 5.82 Å². The first-order valence-corrected chi connectivity index (χ1v) is 8.46. The van der Waals surface area contributed by atoms with E-state index >= 15 is 0 Å². The van der Waals surface area contributed by atoms with Gasteiger partial charge in [0.1, 0.15) is 0 Å². The summed E-state index contributed by atoms with van der Waals surface area (Å²) >= 11 is 0. The van der Waals surface area contributed by atoms with Crippen molar-refractivity contribution in [3.05, 3.63) is 11.7 Å². The Morgan fingerprint density at radius 1 is 1.42 bits per heavy atom. The summed E-state index contributed by atoms with van der Waals surface area (Å²) in [5.74, 6) is 0.494. The van der Waals surface area contributed by atoms with Crippen molar-refractivity contribution in [1.82, 2.24) is 20.4 Å². The maximum absolute atomic E-state index is 12.0. The van der Waals surface area contributed by atoms with Gasteiger partial charge in [-0.15, -0.1) is 0 Å². The van der Waals surface area contributed by atoms with Crippen LogP contribution in [0.5, 0.6) is 0 Å². The van der Waals surface area contributed by atoms with Crippen LogP contribution in [-0.4, -0.2) is 57.2 Å². The van der Waals surface area contributed by atoms with Gasteiger partial charge in [0, 0.05) is 30.8 Å². The molecular weight excluding hydrogens is 312 g/mol. The van der Waals surface area contributed by atoms with Gasteiger partial charge in [-0.25, -0.2) is 0 Å². The van der Waals surface area contributed by atoms with E-state index in [0.717, 1.165) is 12.8 Å². The molecule has 2 rings (SSSR count). The second-order valence-corrected chi connectivity index (χ2v) is 6.55. The van der Waals surface area contributed by atoms with Crippen molar-refractivity contribution in [2.45, 2.75) is 64.5 Å². The van der Waals surface area contributed by atoms with Gasteiger partial charge in [0.25, 0.3) is 0 Å². The molecule has 1 aromatic rings. The molecule has 1 saturated carbocycles. The lowest BCUT2D eigenvalue weighted by molar-refractivity contribution is -0.139. The number of carboxylic acid groups (broad SMARTS) is 1. The largest absolute Gasteiger partial charge is 0.480 e. The van der Waals surface area contributed by atoms with E-state index in [9.17, 15) is 9.59 Å². The van der Waals surface area contributed by atoms with Crippen LogP contribution < -0.4 is 5.32 Å². The third kappa shape index (κ3) is 5.02. The Labute approximate surface area is 141 Å². The third-order valence-electron chi connectivity index (χ3n) is 4.31. The van der Waals surface area contributed by atoms with Gasteiger partial charge in [-0.2, -0.15) is 4.98 Å². The molecule has 1 aliphatic rings. The van der Waals surface area contributed by atoms with E-state index in [0.29, 0.717) is 31.1 Å². The molecule has 8 heteroatoms. The maximum atomic E-state index is 12.0. The lowest BCUT2D eigenvalue weighted by Gasteiger charge is -2.42. The van der Waals surface area contributed by atoms with Crippen molar-refractivity contribution in [2.75, 3.05) is 13.1 Å². The van der Waals surface area contributed by atoms with E-state index in [1.165, 1.54) is 0 Å². The Hall–Kier alpha value is -1.96. The Morgan fingerprint density at radius 2 is 2.12 bits per heavy atom. The molecule has 0 atom stereocenters. The Bertz CT molecular complexity index is 566. The number of likely N-dealkylation sites (N-methyl/N-ethyl adjacent to an activating group) is 1. The van der Waals surface area contributed by atoms with Crippen molar-refractivity contribution in [3.8, 4) is 0 Å². The zero-order chi connectivity index (χ0) is 17.7. The summed E-state index contributed by atoms with van der Waals surface area (Å²) in [7, 11) is 0. The van der Waals surface area contributed by atoms with E-state index < -0.39 is 5.97 Å². The number of carbonyl (C=O) groups is 2. The van der Waals surface area contributed by atoms with E-state index in [1.807, 2.05) is 25.7 Å². The van der Waals surface area contributed by atoms with Crippen LogP contribution in [0.4, 0.5) is 0 Å². The average Bonchev–Trinajstić information content (AvgIpc) is 2.95. The van der Waals surface area contributed by atoms with Crippen molar-refractivity contribution in [2.24, 2.45) is 0 Å². The summed E-state index contributed by atoms with van der Waals surface area (Å²) in [4.78, 5) is 29.0. The molecule has 1 heterocycles. The Kier molecular flexibility index (Phi) is 6.30. The molecule has 1 fully saturated rings. The van der Waals surface area contributed by atoms with Gasteiger partial charge in [-0.1, -0.05) is 25.9 Å². The molecule has 0 saturated heterocycles. The molecule has 8 nitrogen and oxygen atoms in total. The number of carbonyl (C=O) groups excluding carboxylic acids is 1. The van der Waals surface area contributed by atoms with E-state index in [-0.39, 0.29) is 30.5 Å². The minimum absolute atomic E-state index is 0.0379. The normalized spacial score (nSPS) is 20.2. The summed E-state index contributed by atoms with van der Waals surface area (Å²) in [6.07, 6.45) is 2.34. The first-order valence-electron chi connectivity index (χ1n) is 8.46. The zero-order valence-corrected chi connectivity index (χ0v) is 14.5. The number of nitrogens with one attached hydrogen (secondary N) is 1. The quantitative estimate of drug-likeness (QED) is 0.696. The van der Waals surface area contributed by atoms with Gasteiger partial charge < -0.3 is 14.9 Å². The lowest BCUT2D eigenvalue weighted by atomic mass is 9.85. The number of amides is 1. The summed E-state index contributed by atoms with van der Waals surface area (Å²) in [5.41, 5.74) is 0. The summed E-state index contributed by atoms with van der Waals surface area (Å²) in [6, 6.07) is 0.361. The molecule has 1 amide bonds. The smallest absolute Gasteiger partial charge is 0.317 e. The molecule has 0 aromatic carbocycles. The highest BCUT2D eigenvalue weighted by Crippen LogP contribution is 2.25. The van der Waals surface area contributed by atoms with Crippen LogP contribution in [-0.2, 0) is 16.0 Å². The second kappa shape index (κ2) is 8.23. The highest BCUT2D eigenvalue weighted by molar-refractivity contribution is 5.76. The fourth-order valence-electron chi connectivity index (χ4n) is 2.80. The monoisotopic (exact) mass is 338 g/mol. The molecule has 1 aliphatic carbocycles. The van der Waals surface area contributed by atoms with Gasteiger partial charge in [0.05, 0.1) is 6.54 Å². The Morgan fingerprint density at radius 3 is 2.67 bits per heavy atom. The topological polar surface area (TPSA) is 109 Å². The lowest BCUT2D eigenvalue weighted by Crippen LogP contribution is -2.54. The van der Waals surface area contributed by atoms with Crippen LogP contribution >= 0.6 is 0 Å². The van der Waals surface area contributed by atoms with Gasteiger partial charge >= 0.3 is 5.97 Å². The highest BCUT2D eigenvalue weighted by Gasteiger charge is 2.34. The predicted molar refractivity (Wildman–Crippen MR) is 86.5 cm³/mol. The van der Waals surface area contributed by atoms with Crippen LogP contribution in [0.3, 0.4) is 0 Å². The molecule has 0 bridgehead atoms. The summed E-state index contributed by atoms with van der Waals surface area (Å²) in [5, 5.41) is 15.7. The molecule has 24 heavy (non-hydrogen) atoms. The van der Waals surface area contributed by atoms with Gasteiger partial charge in [0.2, 0.25) is 11.8 Å². The van der Waals surface area contributed by atoms with E-state index in [2.05, 4.69) is 15.5 Å². The second-order valence-electron chi connectivity index (χ2n) is 6.55. The number of nitrogens with zero attached hydrogens (tertiary/aromatic N) is 3. The molecule has 0 spiro atoms. The molecule has 1 aromatic heterocycles. The van der Waals surface area contributed by atoms with Gasteiger partial charge in [-0.05, 0) is 19.4 Å². The van der Waals surface area contributed by atoms with Crippen LogP contribution in [0.15, 0.2) is 4.52 Å². The highest BCUT2D eigenvalue weighted by atomic mass is 16.5. The van der Waals surface area contributed by atoms with Crippen molar-refractivity contribution < 1.29 is 19.2 Å². The van der Waals surface area contributed by atoms with E-state index in [4.69, 9.17) is 9.63 Å². The SMILES string of the molecule is CCN(CC(=O)O)C1CC(NC(=O)CCc2nc(C(C)C)no2)C1. The summed E-state index contributed by atoms with van der Waals surface area (Å²) in [6.45, 7) is 6.67. The third-order valence-corrected chi connectivity index (χ3v) is 4.31. The van der Waals surface area contributed by atoms with E-state index in [1.54, 1.807) is 0 Å². The predicted octanol–water partition coefficient (Wildman–Crippen LogP) is 1.18. The molecule has 0 radical (unpaired) electrons. The standard InChI is InChI=1S/C16H26N4O4/c1-4-20(9-15(22)23)12-7-11(8-12)17-13(21)5-6-14-18-16(10(2)3)19-24-14/h10-12H,4-9H2,1-3H3,(H,17,21)(H,22,23). The minimum Gasteiger partial charge on any atom is -0.480 e. The molecular formula is C16H26N4O4. The number of carboxylic acids is 1. The van der Waals surface area contributed by atoms with Crippen LogP contribution in [0.1, 0.15) is 57.7 Å². The molecule has 134 valence electrons. The number of aryl methyl sites for hydroxylation is 1. The maximum Gasteiger partial charge on any atom is 0.317 e. The fourth-order valence-corrected chi connectivity index (χ4v) is 2.80. The van der Waals surface area contributed by atoms with Crippen molar-refractivity contribution in [1.29, 1.82) is 0 Å². The fraction of sp³-hybridized carbons (Fsp3) is 0.750. The molecule has 2 N–H and O–H groups in total. The number of rotatable bonds is 9. The zero-order valence-electron chi connectivity index (χ0n) is 14.5. The minimum atomic E-state index is -0.815. The Balaban J connectivity index is 1.68. The van der Waals surface area contributed by atoms with Crippen molar-refractivity contribution >= 4 is 11.9 Å². The first-order chi connectivity index (χ1) is 11.4. The van der Waals surface area contributed by atoms with Crippen LogP contribution in [0, 0.1) is 0 Å². The van der Waals surface area contributed by atoms with Crippen molar-refractivity contribution in [3.63, 3.8) is 0 Å². The summed E-state index contributed by atoms with van der Waals surface area (Å²) < 4.78 is 5.12. The van der Waals surface area contributed by atoms with Crippen LogP contribution in [0.25, 0.3) is 0 Å². The van der Waals surface area contributed by atoms with Gasteiger partial charge in [-0.3, -0.25) is 14.5 Å². The molecule has 0 aliphatic heterocycles. The number of aromatic nitrogens is 2. The number of hydrogen-bond donors (Lipinski definition) is 2. The molecule has 0 unspecified atom stereocenters. The first kappa shape index (κ1) is 18.4.